The van der Waals surface area contributed by atoms with Crippen LogP contribution in [-0.4, -0.2) is 43.9 Å². The second-order valence-corrected chi connectivity index (χ2v) is 10.7. The smallest absolute Gasteiger partial charge is 0.338 e. The van der Waals surface area contributed by atoms with Gasteiger partial charge in [0.2, 0.25) is 10.0 Å². The number of hydrogen-bond donors (Lipinski definition) is 1. The fourth-order valence-electron chi connectivity index (χ4n) is 3.73. The molecule has 4 aromatic rings. The molecule has 0 spiro atoms. The third kappa shape index (κ3) is 5.62. The number of ether oxygens (including phenoxy) is 1. The van der Waals surface area contributed by atoms with Gasteiger partial charge in [0.15, 0.2) is 0 Å². The molecule has 0 saturated carbocycles. The Morgan fingerprint density at radius 3 is 1.97 bits per heavy atom. The number of esters is 1. The van der Waals surface area contributed by atoms with Gasteiger partial charge in [-0.2, -0.15) is 0 Å². The molecule has 0 saturated heterocycles. The van der Waals surface area contributed by atoms with Gasteiger partial charge in [-0.3, -0.25) is 0 Å². The highest BCUT2D eigenvalue weighted by molar-refractivity contribution is 7.89. The minimum atomic E-state index is -3.52. The van der Waals surface area contributed by atoms with Gasteiger partial charge in [0.25, 0.3) is 0 Å². The maximum atomic E-state index is 12.7. The molecule has 0 aliphatic carbocycles. The van der Waals surface area contributed by atoms with E-state index in [4.69, 9.17) is 9.84 Å². The predicted molar refractivity (Wildman–Crippen MR) is 137 cm³/mol. The molecule has 0 atom stereocenters. The summed E-state index contributed by atoms with van der Waals surface area (Å²) in [4.78, 5) is 23.9. The van der Waals surface area contributed by atoms with E-state index in [1.165, 1.54) is 26.2 Å². The van der Waals surface area contributed by atoms with Gasteiger partial charge in [-0.25, -0.2) is 22.3 Å². The third-order valence-corrected chi connectivity index (χ3v) is 7.65. The molecule has 0 fully saturated rings. The van der Waals surface area contributed by atoms with E-state index in [0.29, 0.717) is 17.5 Å². The largest absolute Gasteiger partial charge is 0.478 e. The molecular formula is C28H25NO6S. The van der Waals surface area contributed by atoms with Crippen molar-refractivity contribution in [3.63, 3.8) is 0 Å². The highest BCUT2D eigenvalue weighted by Crippen LogP contribution is 2.21. The summed E-state index contributed by atoms with van der Waals surface area (Å²) < 4.78 is 31.0. The number of aromatic carboxylic acids is 1. The fraction of sp³-hybridized carbons (Fsp3) is 0.143. The lowest BCUT2D eigenvalue weighted by molar-refractivity contribution is 0.0472. The normalized spacial score (nSPS) is 11.5. The van der Waals surface area contributed by atoms with Crippen molar-refractivity contribution in [2.24, 2.45) is 0 Å². The average molecular weight is 504 g/mol. The van der Waals surface area contributed by atoms with E-state index in [1.54, 1.807) is 48.5 Å². The molecule has 4 rings (SSSR count). The number of rotatable bonds is 8. The molecule has 0 unspecified atom stereocenters. The van der Waals surface area contributed by atoms with E-state index in [2.05, 4.69) is 0 Å². The van der Waals surface area contributed by atoms with Crippen molar-refractivity contribution in [2.45, 2.75) is 17.9 Å². The second-order valence-electron chi connectivity index (χ2n) is 8.58. The Hall–Kier alpha value is -4.01. The number of hydrogen-bond acceptors (Lipinski definition) is 5. The molecule has 4 aromatic carbocycles. The summed E-state index contributed by atoms with van der Waals surface area (Å²) in [7, 11) is -0.579. The number of benzene rings is 4. The molecule has 7 nitrogen and oxygen atoms in total. The maximum Gasteiger partial charge on any atom is 0.338 e. The van der Waals surface area contributed by atoms with E-state index in [9.17, 15) is 18.0 Å². The van der Waals surface area contributed by atoms with Crippen LogP contribution in [0.2, 0.25) is 0 Å². The van der Waals surface area contributed by atoms with Gasteiger partial charge in [-0.1, -0.05) is 48.5 Å². The van der Waals surface area contributed by atoms with Gasteiger partial charge in [0, 0.05) is 14.1 Å². The van der Waals surface area contributed by atoms with E-state index in [1.807, 2.05) is 24.3 Å². The summed E-state index contributed by atoms with van der Waals surface area (Å²) in [6.07, 6.45) is 0.629. The third-order valence-electron chi connectivity index (χ3n) is 5.82. The lowest BCUT2D eigenvalue weighted by Crippen LogP contribution is -2.22. The van der Waals surface area contributed by atoms with Crippen molar-refractivity contribution in [3.8, 4) is 0 Å². The van der Waals surface area contributed by atoms with E-state index in [0.717, 1.165) is 26.2 Å². The molecule has 0 aromatic heterocycles. The maximum absolute atomic E-state index is 12.7. The van der Waals surface area contributed by atoms with Crippen molar-refractivity contribution in [1.29, 1.82) is 0 Å². The van der Waals surface area contributed by atoms with Gasteiger partial charge in [0.1, 0.15) is 6.61 Å². The number of nitrogens with zero attached hydrogens (tertiary/aromatic N) is 1. The molecule has 184 valence electrons. The molecule has 0 heterocycles. The first-order valence-electron chi connectivity index (χ1n) is 11.2. The molecule has 0 bridgehead atoms. The van der Waals surface area contributed by atoms with E-state index >= 15 is 0 Å². The van der Waals surface area contributed by atoms with Crippen LogP contribution in [0.15, 0.2) is 89.8 Å². The topological polar surface area (TPSA) is 101 Å². The van der Waals surface area contributed by atoms with Crippen LogP contribution in [-0.2, 0) is 27.8 Å². The molecule has 8 heteroatoms. The van der Waals surface area contributed by atoms with Gasteiger partial charge in [-0.15, -0.1) is 0 Å². The summed E-state index contributed by atoms with van der Waals surface area (Å²) in [5.74, 6) is -1.43. The Bertz CT molecular complexity index is 1530. The zero-order valence-corrected chi connectivity index (χ0v) is 20.7. The van der Waals surface area contributed by atoms with E-state index in [-0.39, 0.29) is 17.1 Å². The number of carbonyl (C=O) groups excluding carboxylic acids is 1. The molecule has 0 radical (unpaired) electrons. The molecule has 1 N–H and O–H groups in total. The van der Waals surface area contributed by atoms with Crippen molar-refractivity contribution < 1.29 is 27.9 Å². The summed E-state index contributed by atoms with van der Waals surface area (Å²) in [5, 5.41) is 10.9. The Morgan fingerprint density at radius 2 is 1.33 bits per heavy atom. The van der Waals surface area contributed by atoms with Gasteiger partial charge < -0.3 is 9.84 Å². The quantitative estimate of drug-likeness (QED) is 0.349. The number of fused-ring (bicyclic) bond motifs is 1. The summed E-state index contributed by atoms with van der Waals surface area (Å²) >= 11 is 0. The molecule has 0 amide bonds. The van der Waals surface area contributed by atoms with Crippen LogP contribution in [0.5, 0.6) is 0 Å². The number of sulfonamides is 1. The first-order chi connectivity index (χ1) is 17.1. The van der Waals surface area contributed by atoms with Gasteiger partial charge in [-0.05, 0) is 70.3 Å². The first kappa shape index (κ1) is 25.1. The predicted octanol–water partition coefficient (Wildman–Crippen LogP) is 4.74. The van der Waals surface area contributed by atoms with Crippen molar-refractivity contribution >= 4 is 32.7 Å². The Morgan fingerprint density at radius 1 is 0.750 bits per heavy atom. The number of carboxylic acids is 1. The van der Waals surface area contributed by atoms with Crippen molar-refractivity contribution in [2.75, 3.05) is 14.1 Å². The minimum absolute atomic E-state index is 0.0194. The Kier molecular flexibility index (Phi) is 7.19. The van der Waals surface area contributed by atoms with Crippen LogP contribution in [0.3, 0.4) is 0 Å². The monoisotopic (exact) mass is 503 g/mol. The van der Waals surface area contributed by atoms with Crippen LogP contribution in [0.1, 0.15) is 37.4 Å². The van der Waals surface area contributed by atoms with Crippen LogP contribution in [0.25, 0.3) is 10.8 Å². The molecule has 0 aliphatic rings. The highest BCUT2D eigenvalue weighted by Gasteiger charge is 2.17. The first-order valence-corrected chi connectivity index (χ1v) is 12.6. The standard InChI is InChI=1S/C28H25NO6S/c1-29(2)36(33,34)26-13-6-20(7-14-26)18-35-28(32)24-12-11-22-8-5-21(16-25(22)17-24)15-19-3-9-23(10-4-19)27(30)31/h3-14,16-17H,15,18H2,1-2H3,(H,30,31). The van der Waals surface area contributed by atoms with Crippen molar-refractivity contribution in [3.05, 3.63) is 113 Å². The minimum Gasteiger partial charge on any atom is -0.478 e. The summed E-state index contributed by atoms with van der Waals surface area (Å²) in [5.41, 5.74) is 3.36. The molecular weight excluding hydrogens is 478 g/mol. The van der Waals surface area contributed by atoms with Crippen LogP contribution in [0.4, 0.5) is 0 Å². The number of carboxylic acid groups (broad SMARTS) is 1. The average Bonchev–Trinajstić information content (AvgIpc) is 2.87. The lowest BCUT2D eigenvalue weighted by Gasteiger charge is -2.12. The van der Waals surface area contributed by atoms with Gasteiger partial charge >= 0.3 is 11.9 Å². The second kappa shape index (κ2) is 10.3. The van der Waals surface area contributed by atoms with Crippen LogP contribution < -0.4 is 0 Å². The number of carbonyl (C=O) groups is 2. The SMILES string of the molecule is CN(C)S(=O)(=O)c1ccc(COC(=O)c2ccc3ccc(Cc4ccc(C(=O)O)cc4)cc3c2)cc1. The highest BCUT2D eigenvalue weighted by atomic mass is 32.2. The van der Waals surface area contributed by atoms with E-state index < -0.39 is 22.0 Å². The summed E-state index contributed by atoms with van der Waals surface area (Å²) in [6, 6.07) is 24.3. The molecule has 36 heavy (non-hydrogen) atoms. The molecule has 0 aliphatic heterocycles. The Balaban J connectivity index is 1.44. The fourth-order valence-corrected chi connectivity index (χ4v) is 4.64. The van der Waals surface area contributed by atoms with Gasteiger partial charge in [0.05, 0.1) is 16.0 Å². The Labute approximate surface area is 209 Å². The summed E-state index contributed by atoms with van der Waals surface area (Å²) in [6.45, 7) is 0.0194. The zero-order chi connectivity index (χ0) is 25.9. The lowest BCUT2D eigenvalue weighted by atomic mass is 9.99. The van der Waals surface area contributed by atoms with Crippen molar-refractivity contribution in [1.82, 2.24) is 4.31 Å². The van der Waals surface area contributed by atoms with Crippen LogP contribution >= 0.6 is 0 Å². The van der Waals surface area contributed by atoms with Crippen LogP contribution in [0, 0.1) is 0 Å². The zero-order valence-electron chi connectivity index (χ0n) is 19.8.